The first-order valence-electron chi connectivity index (χ1n) is 9.86. The second kappa shape index (κ2) is 7.70. The van der Waals surface area contributed by atoms with Crippen LogP contribution in [0.25, 0.3) is 56.7 Å². The van der Waals surface area contributed by atoms with Crippen molar-refractivity contribution in [3.8, 4) is 22.5 Å². The molecular formula is C25H16N4O2Zn. The van der Waals surface area contributed by atoms with Crippen LogP contribution < -0.4 is 0 Å². The number of aromatic nitrogens is 4. The summed E-state index contributed by atoms with van der Waals surface area (Å²) >= 11 is 0. The maximum atomic E-state index is 11.9. The first-order valence-corrected chi connectivity index (χ1v) is 9.86. The number of carbonyl (C=O) groups is 1. The number of fused-ring (bicyclic) bond motifs is 11. The van der Waals surface area contributed by atoms with Gasteiger partial charge in [0, 0.05) is 47.2 Å². The molecule has 0 atom stereocenters. The summed E-state index contributed by atoms with van der Waals surface area (Å²) in [4.78, 5) is 27.9. The summed E-state index contributed by atoms with van der Waals surface area (Å²) in [6.45, 7) is 0. The predicted molar refractivity (Wildman–Crippen MR) is 121 cm³/mol. The molecule has 0 amide bonds. The number of carboxylic acids is 1. The summed E-state index contributed by atoms with van der Waals surface area (Å²) < 4.78 is 0. The predicted octanol–water partition coefficient (Wildman–Crippen LogP) is 5.51. The van der Waals surface area contributed by atoms with E-state index in [1.807, 2.05) is 66.7 Å². The molecule has 32 heavy (non-hydrogen) atoms. The van der Waals surface area contributed by atoms with Crippen molar-refractivity contribution in [2.45, 2.75) is 0 Å². The van der Waals surface area contributed by atoms with Gasteiger partial charge in [0.1, 0.15) is 0 Å². The Morgan fingerprint density at radius 1 is 0.719 bits per heavy atom. The van der Waals surface area contributed by atoms with Crippen LogP contribution in [-0.4, -0.2) is 31.0 Å². The molecule has 0 aliphatic carbocycles. The Bertz CT molecular complexity index is 1580. The van der Waals surface area contributed by atoms with E-state index in [-0.39, 0.29) is 25.0 Å². The van der Waals surface area contributed by atoms with Gasteiger partial charge in [-0.2, -0.15) is 0 Å². The van der Waals surface area contributed by atoms with Gasteiger partial charge in [-0.05, 0) is 54.6 Å². The van der Waals surface area contributed by atoms with Crippen molar-refractivity contribution in [1.82, 2.24) is 19.9 Å². The van der Waals surface area contributed by atoms with Crippen LogP contribution in [0.4, 0.5) is 0 Å². The average Bonchev–Trinajstić information content (AvgIpc) is 3.52. The molecule has 8 bridgehead atoms. The van der Waals surface area contributed by atoms with Gasteiger partial charge in [-0.15, -0.1) is 0 Å². The zero-order valence-electron chi connectivity index (χ0n) is 17.0. The van der Waals surface area contributed by atoms with Crippen LogP contribution in [-0.2, 0) is 19.5 Å². The molecule has 7 heteroatoms. The smallest absolute Gasteiger partial charge is 0.337 e. The van der Waals surface area contributed by atoms with E-state index in [9.17, 15) is 9.90 Å². The molecule has 1 aromatic carbocycles. The number of carboxylic acid groups (broad SMARTS) is 1. The van der Waals surface area contributed by atoms with Crippen LogP contribution in [0.5, 0.6) is 0 Å². The van der Waals surface area contributed by atoms with Gasteiger partial charge in [0.05, 0.1) is 33.9 Å². The van der Waals surface area contributed by atoms with Crippen LogP contribution in [0.3, 0.4) is 0 Å². The molecule has 6 nitrogen and oxygen atoms in total. The number of nitrogens with zero attached hydrogens (tertiary/aromatic N) is 2. The fourth-order valence-electron chi connectivity index (χ4n) is 4.02. The number of aromatic carboxylic acids is 1. The minimum absolute atomic E-state index is 0. The number of benzene rings is 1. The van der Waals surface area contributed by atoms with E-state index >= 15 is 0 Å². The third-order valence-electron chi connectivity index (χ3n) is 5.41. The molecule has 3 N–H and O–H groups in total. The van der Waals surface area contributed by atoms with Gasteiger partial charge >= 0.3 is 5.97 Å². The van der Waals surface area contributed by atoms with Crippen LogP contribution >= 0.6 is 0 Å². The third kappa shape index (κ3) is 3.47. The third-order valence-corrected chi connectivity index (χ3v) is 5.41. The summed E-state index contributed by atoms with van der Waals surface area (Å²) in [6, 6.07) is 21.1. The summed E-state index contributed by atoms with van der Waals surface area (Å²) in [6.07, 6.45) is 3.94. The first-order chi connectivity index (χ1) is 15.1. The summed E-state index contributed by atoms with van der Waals surface area (Å²) in [5.74, 6) is -0.989. The standard InChI is InChI=1S/C25H16N4O2.Zn/c30-25(31)21-11-18-10-16-6-5-14(26-16)9-15-7-8-17(27-15)12-22-19-3-1-2-4-20(19)23(29-22)13-24(21)28-18;/h1-13,26,28H,(H,30,31);. The zero-order valence-corrected chi connectivity index (χ0v) is 19.9. The summed E-state index contributed by atoms with van der Waals surface area (Å²) in [5.41, 5.74) is 8.32. The van der Waals surface area contributed by atoms with Gasteiger partial charge in [0.25, 0.3) is 0 Å². The molecule has 0 unspecified atom stereocenters. The quantitative estimate of drug-likeness (QED) is 0.276. The Labute approximate surface area is 195 Å². The molecule has 0 radical (unpaired) electrons. The SMILES string of the molecule is O=C(O)c1cc2cc3ccc(cc4nc(cc5nc(cc1[nH]2)-c1ccccc1-5)C=C4)[nH]3.[Zn]. The van der Waals surface area contributed by atoms with Gasteiger partial charge in [-0.25, -0.2) is 14.8 Å². The van der Waals surface area contributed by atoms with Crippen molar-refractivity contribution in [3.63, 3.8) is 0 Å². The minimum atomic E-state index is -0.989. The number of aromatic amines is 2. The second-order valence-corrected chi connectivity index (χ2v) is 7.53. The minimum Gasteiger partial charge on any atom is -0.478 e. The molecule has 6 rings (SSSR count). The summed E-state index contributed by atoms with van der Waals surface area (Å²) in [7, 11) is 0. The topological polar surface area (TPSA) is 94.7 Å². The maximum Gasteiger partial charge on any atom is 0.337 e. The molecule has 5 heterocycles. The first kappa shape index (κ1) is 20.1. The molecule has 0 saturated carbocycles. The van der Waals surface area contributed by atoms with E-state index in [1.165, 1.54) is 0 Å². The van der Waals surface area contributed by atoms with Crippen molar-refractivity contribution in [2.75, 3.05) is 0 Å². The van der Waals surface area contributed by atoms with Gasteiger partial charge < -0.3 is 15.1 Å². The number of hydrogen-bond donors (Lipinski definition) is 3. The van der Waals surface area contributed by atoms with Gasteiger partial charge in [-0.3, -0.25) is 0 Å². The van der Waals surface area contributed by atoms with Crippen molar-refractivity contribution in [1.29, 1.82) is 0 Å². The zero-order chi connectivity index (χ0) is 20.9. The van der Waals surface area contributed by atoms with Gasteiger partial charge in [-0.1, -0.05) is 24.3 Å². The Morgan fingerprint density at radius 2 is 1.38 bits per heavy atom. The Kier molecular flexibility index (Phi) is 4.83. The maximum absolute atomic E-state index is 11.9. The molecule has 3 aromatic heterocycles. The van der Waals surface area contributed by atoms with E-state index in [0.29, 0.717) is 16.7 Å². The average molecular weight is 470 g/mol. The van der Waals surface area contributed by atoms with Crippen molar-refractivity contribution >= 4 is 40.2 Å². The number of nitrogens with one attached hydrogen (secondary N) is 2. The fraction of sp³-hybridized carbons (Fsp3) is 0. The van der Waals surface area contributed by atoms with E-state index in [1.54, 1.807) is 12.1 Å². The van der Waals surface area contributed by atoms with Crippen molar-refractivity contribution in [2.24, 2.45) is 0 Å². The van der Waals surface area contributed by atoms with Crippen LogP contribution in [0, 0.1) is 0 Å². The molecule has 0 saturated heterocycles. The van der Waals surface area contributed by atoms with E-state index in [2.05, 4.69) is 15.0 Å². The van der Waals surface area contributed by atoms with Crippen molar-refractivity contribution in [3.05, 3.63) is 83.7 Å². The number of rotatable bonds is 1. The van der Waals surface area contributed by atoms with Gasteiger partial charge in [0.15, 0.2) is 0 Å². The second-order valence-electron chi connectivity index (χ2n) is 7.53. The van der Waals surface area contributed by atoms with Crippen LogP contribution in [0.1, 0.15) is 21.7 Å². The number of H-pyrrole nitrogens is 2. The molecule has 0 spiro atoms. The van der Waals surface area contributed by atoms with Crippen molar-refractivity contribution < 1.29 is 29.4 Å². The molecule has 4 aromatic rings. The normalized spacial score (nSPS) is 11.6. The molecule has 0 fully saturated rings. The molecule has 2 aliphatic heterocycles. The van der Waals surface area contributed by atoms with Crippen LogP contribution in [0.15, 0.2) is 66.7 Å². The van der Waals surface area contributed by atoms with E-state index in [0.717, 1.165) is 39.2 Å². The molecular weight excluding hydrogens is 454 g/mol. The number of hydrogen-bond acceptors (Lipinski definition) is 3. The molecule has 2 aliphatic rings. The van der Waals surface area contributed by atoms with Gasteiger partial charge in [0.2, 0.25) is 0 Å². The Hall–Kier alpha value is -3.83. The van der Waals surface area contributed by atoms with Crippen LogP contribution in [0.2, 0.25) is 0 Å². The summed E-state index contributed by atoms with van der Waals surface area (Å²) in [5, 5.41) is 9.73. The Morgan fingerprint density at radius 3 is 2.09 bits per heavy atom. The monoisotopic (exact) mass is 468 g/mol. The fourth-order valence-corrected chi connectivity index (χ4v) is 4.02. The Balaban J connectivity index is 0.00000216. The van der Waals surface area contributed by atoms with E-state index < -0.39 is 5.97 Å². The van der Waals surface area contributed by atoms with E-state index in [4.69, 9.17) is 4.98 Å². The molecule has 150 valence electrons. The largest absolute Gasteiger partial charge is 0.478 e.